The highest BCUT2D eigenvalue weighted by Crippen LogP contribution is 2.37. The lowest BCUT2D eigenvalue weighted by molar-refractivity contribution is -0.274. The van der Waals surface area contributed by atoms with E-state index < -0.39 is 24.2 Å². The van der Waals surface area contributed by atoms with Gasteiger partial charge in [0.2, 0.25) is 11.7 Å². The van der Waals surface area contributed by atoms with E-state index in [-0.39, 0.29) is 36.5 Å². The van der Waals surface area contributed by atoms with Gasteiger partial charge in [-0.15, -0.1) is 13.2 Å². The first-order chi connectivity index (χ1) is 15.2. The number of alkyl halides is 3. The second-order valence-corrected chi connectivity index (χ2v) is 7.40. The van der Waals surface area contributed by atoms with Crippen molar-refractivity contribution in [3.05, 3.63) is 65.8 Å². The lowest BCUT2D eigenvalue weighted by atomic mass is 9.84. The van der Waals surface area contributed by atoms with Gasteiger partial charge in [-0.25, -0.2) is 9.18 Å². The molecular formula is C21H17F4N3O4. The Hall–Kier alpha value is -3.63. The fraction of sp³-hybridized carbons (Fsp3) is 0.286. The van der Waals surface area contributed by atoms with Crippen LogP contribution in [0.2, 0.25) is 0 Å². The van der Waals surface area contributed by atoms with Gasteiger partial charge < -0.3 is 19.3 Å². The molecule has 1 aliphatic rings. The summed E-state index contributed by atoms with van der Waals surface area (Å²) in [6.07, 6.45) is -5.50. The summed E-state index contributed by atoms with van der Waals surface area (Å²) in [5.41, 5.74) is 1.07. The van der Waals surface area contributed by atoms with Gasteiger partial charge in [0, 0.05) is 24.6 Å². The molecule has 2 atom stereocenters. The Labute approximate surface area is 179 Å². The number of piperidine rings is 1. The van der Waals surface area contributed by atoms with E-state index in [9.17, 15) is 27.5 Å². The second-order valence-electron chi connectivity index (χ2n) is 7.40. The largest absolute Gasteiger partial charge is 0.573 e. The minimum Gasteiger partial charge on any atom is -0.465 e. The van der Waals surface area contributed by atoms with Crippen LogP contribution in [-0.4, -0.2) is 45.7 Å². The van der Waals surface area contributed by atoms with Crippen molar-refractivity contribution in [2.24, 2.45) is 0 Å². The van der Waals surface area contributed by atoms with Crippen molar-refractivity contribution in [2.45, 2.75) is 24.6 Å². The molecule has 0 spiro atoms. The molecule has 1 amide bonds. The third kappa shape index (κ3) is 4.98. The number of nitrogens with zero attached hydrogens (tertiary/aromatic N) is 3. The molecule has 0 aliphatic carbocycles. The molecule has 1 aromatic heterocycles. The number of ether oxygens (including phenoxy) is 1. The van der Waals surface area contributed by atoms with Crippen molar-refractivity contribution in [3.63, 3.8) is 0 Å². The van der Waals surface area contributed by atoms with Crippen LogP contribution in [0, 0.1) is 5.82 Å². The van der Waals surface area contributed by atoms with Gasteiger partial charge in [-0.05, 0) is 36.2 Å². The maximum atomic E-state index is 13.5. The average Bonchev–Trinajstić information content (AvgIpc) is 3.23. The molecule has 1 fully saturated rings. The SMILES string of the molecule is O=C(O)N1CC(c2ccc(OC(F)(F)F)cc2)CC(c2nc(-c3cccc(F)c3)no2)C1. The topological polar surface area (TPSA) is 88.7 Å². The van der Waals surface area contributed by atoms with Gasteiger partial charge in [0.1, 0.15) is 11.6 Å². The lowest BCUT2D eigenvalue weighted by Gasteiger charge is -2.35. The first-order valence-electron chi connectivity index (χ1n) is 9.61. The van der Waals surface area contributed by atoms with E-state index in [1.807, 2.05) is 0 Å². The van der Waals surface area contributed by atoms with Gasteiger partial charge in [0.15, 0.2) is 0 Å². The Balaban J connectivity index is 1.56. The van der Waals surface area contributed by atoms with Crippen molar-refractivity contribution in [1.29, 1.82) is 0 Å². The average molecular weight is 451 g/mol. The maximum absolute atomic E-state index is 13.5. The van der Waals surface area contributed by atoms with Gasteiger partial charge in [-0.2, -0.15) is 4.98 Å². The minimum atomic E-state index is -4.80. The van der Waals surface area contributed by atoms with Gasteiger partial charge >= 0.3 is 12.5 Å². The summed E-state index contributed by atoms with van der Waals surface area (Å²) in [6, 6.07) is 11.0. The first kappa shape index (κ1) is 21.6. The number of halogens is 4. The number of hydrogen-bond acceptors (Lipinski definition) is 5. The Morgan fingerprint density at radius 1 is 1.12 bits per heavy atom. The molecule has 2 heterocycles. The Morgan fingerprint density at radius 3 is 2.50 bits per heavy atom. The summed E-state index contributed by atoms with van der Waals surface area (Å²) >= 11 is 0. The van der Waals surface area contributed by atoms with Crippen LogP contribution in [0.5, 0.6) is 5.75 Å². The third-order valence-corrected chi connectivity index (χ3v) is 5.18. The Morgan fingerprint density at radius 2 is 1.84 bits per heavy atom. The fourth-order valence-corrected chi connectivity index (χ4v) is 3.76. The number of amides is 1. The smallest absolute Gasteiger partial charge is 0.465 e. The van der Waals surface area contributed by atoms with E-state index in [0.29, 0.717) is 17.5 Å². The molecule has 2 unspecified atom stereocenters. The van der Waals surface area contributed by atoms with Crippen LogP contribution in [0.1, 0.15) is 29.7 Å². The fourth-order valence-electron chi connectivity index (χ4n) is 3.76. The van der Waals surface area contributed by atoms with Gasteiger partial charge in [0.25, 0.3) is 0 Å². The van der Waals surface area contributed by atoms with Crippen LogP contribution < -0.4 is 4.74 Å². The molecule has 0 saturated carbocycles. The normalized spacial score (nSPS) is 19.1. The maximum Gasteiger partial charge on any atom is 0.573 e. The third-order valence-electron chi connectivity index (χ3n) is 5.18. The number of aromatic nitrogens is 2. The molecule has 168 valence electrons. The summed E-state index contributed by atoms with van der Waals surface area (Å²) in [6.45, 7) is 0.280. The quantitative estimate of drug-likeness (QED) is 0.560. The van der Waals surface area contributed by atoms with E-state index in [1.165, 1.54) is 47.4 Å². The van der Waals surface area contributed by atoms with E-state index in [4.69, 9.17) is 4.52 Å². The summed E-state index contributed by atoms with van der Waals surface area (Å²) in [7, 11) is 0. The highest BCUT2D eigenvalue weighted by molar-refractivity contribution is 5.65. The first-order valence-corrected chi connectivity index (χ1v) is 9.61. The summed E-state index contributed by atoms with van der Waals surface area (Å²) in [4.78, 5) is 17.2. The highest BCUT2D eigenvalue weighted by Gasteiger charge is 2.35. The monoisotopic (exact) mass is 451 g/mol. The lowest BCUT2D eigenvalue weighted by Crippen LogP contribution is -2.41. The molecular weight excluding hydrogens is 434 g/mol. The minimum absolute atomic E-state index is 0.117. The predicted molar refractivity (Wildman–Crippen MR) is 103 cm³/mol. The predicted octanol–water partition coefficient (Wildman–Crippen LogP) is 5.03. The van der Waals surface area contributed by atoms with Crippen molar-refractivity contribution < 1.29 is 36.7 Å². The van der Waals surface area contributed by atoms with Gasteiger partial charge in [0.05, 0.1) is 5.92 Å². The van der Waals surface area contributed by atoms with Crippen molar-refractivity contribution in [2.75, 3.05) is 13.1 Å². The van der Waals surface area contributed by atoms with Gasteiger partial charge in [-0.1, -0.05) is 29.4 Å². The number of carbonyl (C=O) groups is 1. The molecule has 4 rings (SSSR count). The number of carboxylic acid groups (broad SMARTS) is 1. The molecule has 2 aromatic carbocycles. The molecule has 3 aromatic rings. The van der Waals surface area contributed by atoms with Crippen LogP contribution in [0.4, 0.5) is 22.4 Å². The van der Waals surface area contributed by atoms with Crippen molar-refractivity contribution in [1.82, 2.24) is 15.0 Å². The zero-order valence-corrected chi connectivity index (χ0v) is 16.4. The molecule has 1 aliphatic heterocycles. The molecule has 11 heteroatoms. The molecule has 0 bridgehead atoms. The van der Waals surface area contributed by atoms with Crippen LogP contribution in [-0.2, 0) is 0 Å². The number of rotatable bonds is 4. The number of benzene rings is 2. The van der Waals surface area contributed by atoms with Crippen molar-refractivity contribution in [3.8, 4) is 17.1 Å². The van der Waals surface area contributed by atoms with E-state index in [2.05, 4.69) is 14.9 Å². The summed E-state index contributed by atoms with van der Waals surface area (Å²) in [5.74, 6) is -1.18. The number of hydrogen-bond donors (Lipinski definition) is 1. The molecule has 7 nitrogen and oxygen atoms in total. The van der Waals surface area contributed by atoms with Crippen LogP contribution in [0.25, 0.3) is 11.4 Å². The Bertz CT molecular complexity index is 1100. The van der Waals surface area contributed by atoms with Crippen LogP contribution in [0.3, 0.4) is 0 Å². The number of likely N-dealkylation sites (tertiary alicyclic amines) is 1. The molecule has 32 heavy (non-hydrogen) atoms. The zero-order chi connectivity index (χ0) is 22.9. The second kappa shape index (κ2) is 8.48. The molecule has 0 radical (unpaired) electrons. The van der Waals surface area contributed by atoms with Crippen LogP contribution >= 0.6 is 0 Å². The van der Waals surface area contributed by atoms with Gasteiger partial charge in [-0.3, -0.25) is 0 Å². The summed E-state index contributed by atoms with van der Waals surface area (Å²) < 4.78 is 59.9. The zero-order valence-electron chi connectivity index (χ0n) is 16.4. The standard InChI is InChI=1S/C21H17F4N3O4/c22-16-3-1-2-13(9-16)18-26-19(32-27-18)15-8-14(10-28(11-15)20(29)30)12-4-6-17(7-5-12)31-21(23,24)25/h1-7,9,14-15H,8,10-11H2,(H,29,30). The summed E-state index contributed by atoms with van der Waals surface area (Å²) in [5, 5.41) is 13.4. The van der Waals surface area contributed by atoms with E-state index in [0.717, 1.165) is 0 Å². The van der Waals surface area contributed by atoms with Crippen LogP contribution in [0.15, 0.2) is 53.1 Å². The van der Waals surface area contributed by atoms with E-state index in [1.54, 1.807) is 6.07 Å². The molecule has 1 saturated heterocycles. The molecule has 1 N–H and O–H groups in total. The Kier molecular flexibility index (Phi) is 5.72. The van der Waals surface area contributed by atoms with E-state index >= 15 is 0 Å². The highest BCUT2D eigenvalue weighted by atomic mass is 19.4. The van der Waals surface area contributed by atoms with Crippen molar-refractivity contribution >= 4 is 6.09 Å².